The van der Waals surface area contributed by atoms with Gasteiger partial charge in [-0.05, 0) is 42.0 Å². The molecule has 2 aromatic carbocycles. The number of ether oxygens (including phenoxy) is 2. The number of rotatable bonds is 8. The molecular formula is C19H20ClN3O2S. The van der Waals surface area contributed by atoms with E-state index in [4.69, 9.17) is 21.1 Å². The van der Waals surface area contributed by atoms with Gasteiger partial charge in [-0.15, -0.1) is 10.2 Å². The van der Waals surface area contributed by atoms with Crippen molar-refractivity contribution in [1.82, 2.24) is 14.8 Å². The van der Waals surface area contributed by atoms with Gasteiger partial charge < -0.3 is 9.47 Å². The predicted molar refractivity (Wildman–Crippen MR) is 105 cm³/mol. The molecule has 0 atom stereocenters. The lowest BCUT2D eigenvalue weighted by Crippen LogP contribution is -2.07. The van der Waals surface area contributed by atoms with Crippen molar-refractivity contribution in [3.63, 3.8) is 0 Å². The molecule has 0 fully saturated rings. The summed E-state index contributed by atoms with van der Waals surface area (Å²) >= 11 is 7.59. The van der Waals surface area contributed by atoms with E-state index in [0.717, 1.165) is 33.1 Å². The number of hydrogen-bond acceptors (Lipinski definition) is 5. The molecule has 0 saturated heterocycles. The van der Waals surface area contributed by atoms with Crippen LogP contribution in [0.25, 0.3) is 11.4 Å². The van der Waals surface area contributed by atoms with Gasteiger partial charge in [-0.2, -0.15) is 0 Å². The Labute approximate surface area is 162 Å². The van der Waals surface area contributed by atoms with E-state index >= 15 is 0 Å². The second-order valence-corrected chi connectivity index (χ2v) is 6.97. The number of halogens is 1. The molecule has 0 radical (unpaired) electrons. The minimum Gasteiger partial charge on any atom is -0.497 e. The van der Waals surface area contributed by atoms with Crippen molar-refractivity contribution < 1.29 is 9.47 Å². The second-order valence-electron chi connectivity index (χ2n) is 5.59. The van der Waals surface area contributed by atoms with Crippen LogP contribution in [0.2, 0.25) is 5.02 Å². The normalized spacial score (nSPS) is 10.9. The molecule has 0 aliphatic heterocycles. The van der Waals surface area contributed by atoms with Gasteiger partial charge in [0.2, 0.25) is 0 Å². The fraction of sp³-hybridized carbons (Fsp3) is 0.263. The van der Waals surface area contributed by atoms with Crippen LogP contribution < -0.4 is 4.74 Å². The van der Waals surface area contributed by atoms with Gasteiger partial charge in [0.1, 0.15) is 5.75 Å². The largest absolute Gasteiger partial charge is 0.497 e. The molecule has 5 nitrogen and oxygen atoms in total. The first-order chi connectivity index (χ1) is 12.7. The van der Waals surface area contributed by atoms with Gasteiger partial charge in [-0.25, -0.2) is 0 Å². The summed E-state index contributed by atoms with van der Waals surface area (Å²) in [5.74, 6) is 2.43. The van der Waals surface area contributed by atoms with Gasteiger partial charge >= 0.3 is 0 Å². The third kappa shape index (κ3) is 4.58. The van der Waals surface area contributed by atoms with E-state index in [-0.39, 0.29) is 0 Å². The fourth-order valence-corrected chi connectivity index (χ4v) is 3.51. The van der Waals surface area contributed by atoms with Gasteiger partial charge in [-0.1, -0.05) is 35.5 Å². The zero-order chi connectivity index (χ0) is 18.4. The van der Waals surface area contributed by atoms with Crippen LogP contribution in [0.5, 0.6) is 5.75 Å². The summed E-state index contributed by atoms with van der Waals surface area (Å²) in [4.78, 5) is 0. The minimum absolute atomic E-state index is 0.593. The summed E-state index contributed by atoms with van der Waals surface area (Å²) < 4.78 is 12.6. The molecule has 0 spiro atoms. The average molecular weight is 390 g/mol. The number of aromatic nitrogens is 3. The van der Waals surface area contributed by atoms with Crippen molar-refractivity contribution in [2.45, 2.75) is 17.5 Å². The second kappa shape index (κ2) is 9.07. The van der Waals surface area contributed by atoms with Crippen molar-refractivity contribution in [3.05, 3.63) is 59.1 Å². The zero-order valence-electron chi connectivity index (χ0n) is 14.7. The van der Waals surface area contributed by atoms with Gasteiger partial charge in [0.25, 0.3) is 0 Å². The number of thioether (sulfide) groups is 1. The van der Waals surface area contributed by atoms with Crippen LogP contribution in [0.4, 0.5) is 0 Å². The highest BCUT2D eigenvalue weighted by Crippen LogP contribution is 2.27. The number of benzene rings is 2. The molecule has 0 bridgehead atoms. The van der Waals surface area contributed by atoms with Crippen molar-refractivity contribution in [2.24, 2.45) is 0 Å². The van der Waals surface area contributed by atoms with Crippen molar-refractivity contribution in [2.75, 3.05) is 20.8 Å². The minimum atomic E-state index is 0.593. The van der Waals surface area contributed by atoms with Gasteiger partial charge in [0.05, 0.1) is 20.3 Å². The lowest BCUT2D eigenvalue weighted by atomic mass is 10.2. The Hall–Kier alpha value is -2.02. The molecule has 0 N–H and O–H groups in total. The van der Waals surface area contributed by atoms with E-state index in [1.54, 1.807) is 26.0 Å². The predicted octanol–water partition coefficient (Wildman–Crippen LogP) is 4.55. The molecule has 0 saturated carbocycles. The SMILES string of the molecule is COCCn1c(SCc2ccc(Cl)cc2)nnc1-c1ccc(OC)cc1. The first kappa shape index (κ1) is 18.8. The van der Waals surface area contributed by atoms with Crippen LogP contribution in [0.1, 0.15) is 5.56 Å². The Balaban J connectivity index is 1.82. The van der Waals surface area contributed by atoms with Gasteiger partial charge in [0, 0.05) is 23.4 Å². The van der Waals surface area contributed by atoms with E-state index in [9.17, 15) is 0 Å². The Morgan fingerprint density at radius 2 is 1.73 bits per heavy atom. The Kier molecular flexibility index (Phi) is 6.55. The highest BCUT2D eigenvalue weighted by molar-refractivity contribution is 7.98. The van der Waals surface area contributed by atoms with Crippen LogP contribution in [-0.2, 0) is 17.0 Å². The Morgan fingerprint density at radius 3 is 2.38 bits per heavy atom. The molecule has 1 aromatic heterocycles. The summed E-state index contributed by atoms with van der Waals surface area (Å²) in [5.41, 5.74) is 2.18. The summed E-state index contributed by atoms with van der Waals surface area (Å²) in [6.45, 7) is 1.28. The molecule has 0 aliphatic rings. The molecule has 0 aliphatic carbocycles. The third-order valence-corrected chi connectivity index (χ3v) is 5.16. The summed E-state index contributed by atoms with van der Waals surface area (Å²) in [6.07, 6.45) is 0. The highest BCUT2D eigenvalue weighted by atomic mass is 35.5. The maximum atomic E-state index is 5.95. The molecule has 0 amide bonds. The lowest BCUT2D eigenvalue weighted by molar-refractivity contribution is 0.185. The first-order valence-corrected chi connectivity index (χ1v) is 9.51. The van der Waals surface area contributed by atoms with Crippen LogP contribution >= 0.6 is 23.4 Å². The fourth-order valence-electron chi connectivity index (χ4n) is 2.46. The molecular weight excluding hydrogens is 370 g/mol. The Morgan fingerprint density at radius 1 is 1.00 bits per heavy atom. The van der Waals surface area contributed by atoms with Crippen LogP contribution in [0.3, 0.4) is 0 Å². The molecule has 136 valence electrons. The quantitative estimate of drug-likeness (QED) is 0.529. The molecule has 3 rings (SSSR count). The van der Waals surface area contributed by atoms with E-state index in [1.807, 2.05) is 48.5 Å². The highest BCUT2D eigenvalue weighted by Gasteiger charge is 2.14. The average Bonchev–Trinajstić information content (AvgIpc) is 3.08. The van der Waals surface area contributed by atoms with E-state index in [2.05, 4.69) is 14.8 Å². The topological polar surface area (TPSA) is 49.2 Å². The number of methoxy groups -OCH3 is 2. The van der Waals surface area contributed by atoms with E-state index in [0.29, 0.717) is 13.2 Å². The van der Waals surface area contributed by atoms with E-state index < -0.39 is 0 Å². The molecule has 7 heteroatoms. The number of hydrogen-bond donors (Lipinski definition) is 0. The molecule has 1 heterocycles. The third-order valence-electron chi connectivity index (χ3n) is 3.87. The van der Waals surface area contributed by atoms with Crippen molar-refractivity contribution in [1.29, 1.82) is 0 Å². The van der Waals surface area contributed by atoms with Gasteiger partial charge in [-0.3, -0.25) is 4.57 Å². The van der Waals surface area contributed by atoms with Crippen LogP contribution in [0.15, 0.2) is 53.7 Å². The summed E-state index contributed by atoms with van der Waals surface area (Å²) in [7, 11) is 3.35. The molecule has 0 unspecified atom stereocenters. The monoisotopic (exact) mass is 389 g/mol. The van der Waals surface area contributed by atoms with Crippen LogP contribution in [-0.4, -0.2) is 35.6 Å². The molecule has 26 heavy (non-hydrogen) atoms. The molecule has 3 aromatic rings. The maximum Gasteiger partial charge on any atom is 0.191 e. The standard InChI is InChI=1S/C19H20ClN3O2S/c1-24-12-11-23-18(15-5-9-17(25-2)10-6-15)21-22-19(23)26-13-14-3-7-16(20)8-4-14/h3-10H,11-13H2,1-2H3. The van der Waals surface area contributed by atoms with E-state index in [1.165, 1.54) is 5.56 Å². The maximum absolute atomic E-state index is 5.95. The lowest BCUT2D eigenvalue weighted by Gasteiger charge is -2.10. The van der Waals surface area contributed by atoms with Crippen LogP contribution in [0, 0.1) is 0 Å². The Bertz CT molecular complexity index is 835. The van der Waals surface area contributed by atoms with Gasteiger partial charge in [0.15, 0.2) is 11.0 Å². The smallest absolute Gasteiger partial charge is 0.191 e. The van der Waals surface area contributed by atoms with Crippen molar-refractivity contribution >= 4 is 23.4 Å². The van der Waals surface area contributed by atoms with Crippen molar-refractivity contribution in [3.8, 4) is 17.1 Å². The number of nitrogens with zero attached hydrogens (tertiary/aromatic N) is 3. The summed E-state index contributed by atoms with van der Waals surface area (Å²) in [5, 5.41) is 10.4. The zero-order valence-corrected chi connectivity index (χ0v) is 16.3. The first-order valence-electron chi connectivity index (χ1n) is 8.15. The summed E-state index contributed by atoms with van der Waals surface area (Å²) in [6, 6.07) is 15.7.